The van der Waals surface area contributed by atoms with Crippen LogP contribution in [-0.4, -0.2) is 5.78 Å². The molecule has 17 heavy (non-hydrogen) atoms. The van der Waals surface area contributed by atoms with Crippen LogP contribution in [0.15, 0.2) is 23.8 Å². The van der Waals surface area contributed by atoms with Crippen molar-refractivity contribution >= 4 is 5.78 Å². The second-order valence-electron chi connectivity index (χ2n) is 6.38. The fraction of sp³-hybridized carbons (Fsp3) is 0.688. The van der Waals surface area contributed by atoms with E-state index in [0.717, 1.165) is 0 Å². The van der Waals surface area contributed by atoms with Gasteiger partial charge in [0.15, 0.2) is 5.78 Å². The molecule has 0 N–H and O–H groups in total. The molecule has 0 aromatic carbocycles. The third-order valence-corrected chi connectivity index (χ3v) is 3.67. The molecule has 0 aromatic rings. The van der Waals surface area contributed by atoms with E-state index in [0.29, 0.717) is 18.3 Å². The summed E-state index contributed by atoms with van der Waals surface area (Å²) in [4.78, 5) is 11.7. The van der Waals surface area contributed by atoms with Crippen LogP contribution in [0.5, 0.6) is 0 Å². The SMILES string of the molecule is CC1=CCCC(C)(C)C1/C=C/C(=O)CC(C)C. The topological polar surface area (TPSA) is 17.1 Å². The number of hydrogen-bond donors (Lipinski definition) is 0. The van der Waals surface area contributed by atoms with Gasteiger partial charge in [0.2, 0.25) is 0 Å². The molecule has 0 bridgehead atoms. The number of allylic oxidation sites excluding steroid dienone is 4. The minimum atomic E-state index is 0.258. The van der Waals surface area contributed by atoms with Crippen LogP contribution in [0.25, 0.3) is 0 Å². The van der Waals surface area contributed by atoms with Crippen LogP contribution in [0, 0.1) is 17.3 Å². The Bertz CT molecular complexity index is 331. The number of carbonyl (C=O) groups is 1. The third kappa shape index (κ3) is 4.14. The van der Waals surface area contributed by atoms with Crippen LogP contribution in [0.2, 0.25) is 0 Å². The second-order valence-corrected chi connectivity index (χ2v) is 6.38. The Morgan fingerprint density at radius 3 is 2.71 bits per heavy atom. The van der Waals surface area contributed by atoms with Crippen molar-refractivity contribution in [2.24, 2.45) is 17.3 Å². The highest BCUT2D eigenvalue weighted by Crippen LogP contribution is 2.41. The second kappa shape index (κ2) is 5.66. The van der Waals surface area contributed by atoms with Gasteiger partial charge in [0.05, 0.1) is 0 Å². The van der Waals surface area contributed by atoms with Crippen molar-refractivity contribution in [3.05, 3.63) is 23.8 Å². The molecule has 0 spiro atoms. The summed E-state index contributed by atoms with van der Waals surface area (Å²) in [5.74, 6) is 1.13. The van der Waals surface area contributed by atoms with Gasteiger partial charge in [0.1, 0.15) is 0 Å². The quantitative estimate of drug-likeness (QED) is 0.515. The Kier molecular flexibility index (Phi) is 4.73. The molecule has 96 valence electrons. The fourth-order valence-electron chi connectivity index (χ4n) is 2.66. The van der Waals surface area contributed by atoms with Gasteiger partial charge < -0.3 is 0 Å². The summed E-state index contributed by atoms with van der Waals surface area (Å²) in [5.41, 5.74) is 1.70. The lowest BCUT2D eigenvalue weighted by molar-refractivity contribution is -0.115. The number of hydrogen-bond acceptors (Lipinski definition) is 1. The molecule has 0 amide bonds. The Morgan fingerprint density at radius 2 is 2.18 bits per heavy atom. The molecule has 1 nitrogen and oxygen atoms in total. The minimum absolute atomic E-state index is 0.258. The van der Waals surface area contributed by atoms with Gasteiger partial charge in [-0.2, -0.15) is 0 Å². The molecule has 1 atom stereocenters. The normalized spacial score (nSPS) is 24.1. The van der Waals surface area contributed by atoms with Crippen LogP contribution in [0.3, 0.4) is 0 Å². The van der Waals surface area contributed by atoms with Gasteiger partial charge >= 0.3 is 0 Å². The van der Waals surface area contributed by atoms with Crippen molar-refractivity contribution in [1.82, 2.24) is 0 Å². The highest BCUT2D eigenvalue weighted by atomic mass is 16.1. The zero-order chi connectivity index (χ0) is 13.1. The van der Waals surface area contributed by atoms with Crippen molar-refractivity contribution in [2.75, 3.05) is 0 Å². The third-order valence-electron chi connectivity index (χ3n) is 3.67. The average Bonchev–Trinajstić information content (AvgIpc) is 2.14. The largest absolute Gasteiger partial charge is 0.295 e. The highest BCUT2D eigenvalue weighted by Gasteiger charge is 2.30. The monoisotopic (exact) mass is 234 g/mol. The zero-order valence-corrected chi connectivity index (χ0v) is 11.9. The first-order valence-corrected chi connectivity index (χ1v) is 6.70. The maximum absolute atomic E-state index is 11.7. The lowest BCUT2D eigenvalue weighted by Crippen LogP contribution is -2.26. The Morgan fingerprint density at radius 1 is 1.53 bits per heavy atom. The van der Waals surface area contributed by atoms with Crippen molar-refractivity contribution in [3.63, 3.8) is 0 Å². The molecule has 0 fully saturated rings. The summed E-state index contributed by atoms with van der Waals surface area (Å²) in [6, 6.07) is 0. The predicted octanol–water partition coefficient (Wildman–Crippen LogP) is 4.54. The zero-order valence-electron chi connectivity index (χ0n) is 11.9. The summed E-state index contributed by atoms with van der Waals surface area (Å²) in [6.45, 7) is 10.9. The maximum Gasteiger partial charge on any atom is 0.155 e. The smallest absolute Gasteiger partial charge is 0.155 e. The van der Waals surface area contributed by atoms with Crippen molar-refractivity contribution < 1.29 is 4.79 Å². The van der Waals surface area contributed by atoms with Gasteiger partial charge in [-0.15, -0.1) is 0 Å². The van der Waals surface area contributed by atoms with Gasteiger partial charge in [-0.1, -0.05) is 45.4 Å². The summed E-state index contributed by atoms with van der Waals surface area (Å²) < 4.78 is 0. The van der Waals surface area contributed by atoms with Gasteiger partial charge in [0.25, 0.3) is 0 Å². The van der Waals surface area contributed by atoms with Crippen LogP contribution >= 0.6 is 0 Å². The van der Waals surface area contributed by atoms with Crippen LogP contribution in [0.1, 0.15) is 53.9 Å². The summed E-state index contributed by atoms with van der Waals surface area (Å²) in [6.07, 6.45) is 9.27. The Balaban J connectivity index is 2.71. The van der Waals surface area contributed by atoms with E-state index in [9.17, 15) is 4.79 Å². The number of rotatable bonds is 4. The van der Waals surface area contributed by atoms with E-state index in [1.165, 1.54) is 18.4 Å². The standard InChI is InChI=1S/C16H26O/c1-12(2)11-14(17)8-9-15-13(3)7-6-10-16(15,4)5/h7-9,12,15H,6,10-11H2,1-5H3/b9-8+. The molecule has 1 unspecified atom stereocenters. The van der Waals surface area contributed by atoms with Crippen LogP contribution in [0.4, 0.5) is 0 Å². The van der Waals surface area contributed by atoms with Gasteiger partial charge in [-0.25, -0.2) is 0 Å². The van der Waals surface area contributed by atoms with Crippen molar-refractivity contribution in [1.29, 1.82) is 0 Å². The fourth-order valence-corrected chi connectivity index (χ4v) is 2.66. The van der Waals surface area contributed by atoms with Crippen molar-refractivity contribution in [3.8, 4) is 0 Å². The molecule has 0 saturated carbocycles. The lowest BCUT2D eigenvalue weighted by Gasteiger charge is -2.36. The van der Waals surface area contributed by atoms with Crippen LogP contribution in [-0.2, 0) is 4.79 Å². The predicted molar refractivity (Wildman–Crippen MR) is 73.9 cm³/mol. The first-order valence-electron chi connectivity index (χ1n) is 6.70. The summed E-state index contributed by atoms with van der Waals surface area (Å²) in [5, 5.41) is 0. The van der Waals surface area contributed by atoms with Gasteiger partial charge in [0, 0.05) is 12.3 Å². The molecule has 1 rings (SSSR count). The lowest BCUT2D eigenvalue weighted by atomic mass is 9.68. The van der Waals surface area contributed by atoms with E-state index in [1.807, 2.05) is 0 Å². The number of ketones is 1. The molecule has 1 heteroatoms. The van der Waals surface area contributed by atoms with Gasteiger partial charge in [-0.3, -0.25) is 4.79 Å². The summed E-state index contributed by atoms with van der Waals surface area (Å²) in [7, 11) is 0. The first-order chi connectivity index (χ1) is 7.83. The first kappa shape index (κ1) is 14.2. The molecular weight excluding hydrogens is 208 g/mol. The van der Waals surface area contributed by atoms with E-state index in [4.69, 9.17) is 0 Å². The molecule has 0 heterocycles. The molecule has 0 aromatic heterocycles. The van der Waals surface area contributed by atoms with E-state index in [1.54, 1.807) is 6.08 Å². The molecule has 0 saturated heterocycles. The van der Waals surface area contributed by atoms with Gasteiger partial charge in [-0.05, 0) is 37.2 Å². The van der Waals surface area contributed by atoms with E-state index in [-0.39, 0.29) is 11.2 Å². The van der Waals surface area contributed by atoms with E-state index < -0.39 is 0 Å². The average molecular weight is 234 g/mol. The minimum Gasteiger partial charge on any atom is -0.295 e. The molecule has 1 aliphatic carbocycles. The molecule has 0 radical (unpaired) electrons. The van der Waals surface area contributed by atoms with E-state index >= 15 is 0 Å². The van der Waals surface area contributed by atoms with Crippen LogP contribution < -0.4 is 0 Å². The maximum atomic E-state index is 11.7. The Labute approximate surface area is 106 Å². The Hall–Kier alpha value is -0.850. The molecule has 0 aliphatic heterocycles. The molecular formula is C16H26O. The van der Waals surface area contributed by atoms with Crippen molar-refractivity contribution in [2.45, 2.75) is 53.9 Å². The summed E-state index contributed by atoms with van der Waals surface area (Å²) >= 11 is 0. The number of carbonyl (C=O) groups excluding carboxylic acids is 1. The highest BCUT2D eigenvalue weighted by molar-refractivity contribution is 5.89. The van der Waals surface area contributed by atoms with E-state index in [2.05, 4.69) is 46.8 Å². The molecule has 1 aliphatic rings.